The second-order valence-electron chi connectivity index (χ2n) is 10.3. The third-order valence-corrected chi connectivity index (χ3v) is 9.40. The molecule has 0 N–H and O–H groups in total. The average Bonchev–Trinajstić information content (AvgIpc) is 3.20. The highest BCUT2D eigenvalue weighted by molar-refractivity contribution is 8.00. The summed E-state index contributed by atoms with van der Waals surface area (Å²) >= 11 is 1.86. The van der Waals surface area contributed by atoms with Gasteiger partial charge in [-0.25, -0.2) is 0 Å². The van der Waals surface area contributed by atoms with Crippen LogP contribution >= 0.6 is 11.8 Å². The molecule has 0 fully saturated rings. The average molecular weight is 483 g/mol. The van der Waals surface area contributed by atoms with Gasteiger partial charge in [-0.15, -0.1) is 0 Å². The van der Waals surface area contributed by atoms with E-state index >= 15 is 0 Å². The van der Waals surface area contributed by atoms with Gasteiger partial charge in [0.05, 0.1) is 5.52 Å². The lowest BCUT2D eigenvalue weighted by Gasteiger charge is -2.33. The largest absolute Gasteiger partial charge is 0.458 e. The fourth-order valence-electron chi connectivity index (χ4n) is 6.65. The standard InChI is InChI=1S/C32H26BNOS/c1-2-4-13-26-22(10-3-1)23-11-5-7-14-27(23)34(26)21-18-19-24-29(20-21)35-28-15-9-17-31-32(28)33(24)25-12-6-8-16-30(25)36-31/h5-9,11-12,14-20H,1-4,10,13H2. The van der Waals surface area contributed by atoms with Crippen LogP contribution in [0.5, 0.6) is 11.5 Å². The van der Waals surface area contributed by atoms with Gasteiger partial charge in [0.2, 0.25) is 0 Å². The number of rotatable bonds is 1. The molecule has 0 saturated heterocycles. The van der Waals surface area contributed by atoms with Crippen LogP contribution in [-0.2, 0) is 12.8 Å². The van der Waals surface area contributed by atoms with Crippen molar-refractivity contribution in [3.05, 3.63) is 96.2 Å². The van der Waals surface area contributed by atoms with Crippen LogP contribution < -0.4 is 21.1 Å². The predicted octanol–water partition coefficient (Wildman–Crippen LogP) is 6.38. The Morgan fingerprint density at radius 1 is 0.694 bits per heavy atom. The first-order chi connectivity index (χ1) is 17.9. The zero-order chi connectivity index (χ0) is 23.6. The van der Waals surface area contributed by atoms with Crippen molar-refractivity contribution in [2.24, 2.45) is 0 Å². The molecule has 8 rings (SSSR count). The van der Waals surface area contributed by atoms with E-state index in [2.05, 4.69) is 89.5 Å². The molecular formula is C32H26BNOS. The van der Waals surface area contributed by atoms with E-state index in [9.17, 15) is 0 Å². The van der Waals surface area contributed by atoms with Gasteiger partial charge in [0.1, 0.15) is 11.5 Å². The van der Waals surface area contributed by atoms with Crippen molar-refractivity contribution in [1.29, 1.82) is 0 Å². The number of para-hydroxylation sites is 1. The second-order valence-corrected chi connectivity index (χ2v) is 11.3. The minimum atomic E-state index is 0.216. The molecule has 2 nitrogen and oxygen atoms in total. The molecule has 5 aromatic rings. The SMILES string of the molecule is c1ccc2c(c1)Sc1cccc3c1B2c1ccc(-n2c4c(c5ccccc52)CCCCCC4)cc1O3. The molecule has 36 heavy (non-hydrogen) atoms. The van der Waals surface area contributed by atoms with Gasteiger partial charge in [0.15, 0.2) is 0 Å². The number of aromatic nitrogens is 1. The van der Waals surface area contributed by atoms with E-state index in [-0.39, 0.29) is 6.71 Å². The Morgan fingerprint density at radius 2 is 1.53 bits per heavy atom. The van der Waals surface area contributed by atoms with E-state index in [1.165, 1.54) is 80.6 Å². The number of nitrogens with zero attached hydrogens (tertiary/aromatic N) is 1. The van der Waals surface area contributed by atoms with Crippen molar-refractivity contribution in [3.63, 3.8) is 0 Å². The summed E-state index contributed by atoms with van der Waals surface area (Å²) in [7, 11) is 0. The summed E-state index contributed by atoms with van der Waals surface area (Å²) in [5.74, 6) is 1.98. The van der Waals surface area contributed by atoms with Gasteiger partial charge in [-0.05, 0) is 72.5 Å². The Hall–Kier alpha value is -3.37. The highest BCUT2D eigenvalue weighted by atomic mass is 32.2. The molecule has 3 aliphatic rings. The van der Waals surface area contributed by atoms with Gasteiger partial charge >= 0.3 is 0 Å². The number of fused-ring (bicyclic) bond motifs is 7. The third-order valence-electron chi connectivity index (χ3n) is 8.23. The summed E-state index contributed by atoms with van der Waals surface area (Å²) in [6.45, 7) is 0.216. The highest BCUT2D eigenvalue weighted by Crippen LogP contribution is 2.38. The summed E-state index contributed by atoms with van der Waals surface area (Å²) < 4.78 is 9.18. The van der Waals surface area contributed by atoms with Crippen LogP contribution in [0.25, 0.3) is 16.6 Å². The summed E-state index contributed by atoms with van der Waals surface area (Å²) in [5.41, 5.74) is 9.55. The first kappa shape index (κ1) is 20.8. The fraction of sp³-hybridized carbons (Fsp3) is 0.188. The molecule has 4 heteroatoms. The Balaban J connectivity index is 1.34. The molecular weight excluding hydrogens is 457 g/mol. The van der Waals surface area contributed by atoms with Crippen molar-refractivity contribution in [1.82, 2.24) is 4.57 Å². The summed E-state index contributed by atoms with van der Waals surface area (Å²) in [6, 6.07) is 31.3. The molecule has 0 unspecified atom stereocenters. The lowest BCUT2D eigenvalue weighted by Crippen LogP contribution is -2.57. The van der Waals surface area contributed by atoms with E-state index in [0.717, 1.165) is 17.9 Å². The topological polar surface area (TPSA) is 14.2 Å². The quantitative estimate of drug-likeness (QED) is 0.252. The molecule has 0 spiro atoms. The zero-order valence-electron chi connectivity index (χ0n) is 20.2. The summed E-state index contributed by atoms with van der Waals surface area (Å²) in [6.07, 6.45) is 7.53. The van der Waals surface area contributed by atoms with Gasteiger partial charge in [0, 0.05) is 32.6 Å². The maximum atomic E-state index is 6.65. The first-order valence-electron chi connectivity index (χ1n) is 13.2. The van der Waals surface area contributed by atoms with Crippen molar-refractivity contribution in [2.45, 2.75) is 48.3 Å². The summed E-state index contributed by atoms with van der Waals surface area (Å²) in [4.78, 5) is 2.66. The summed E-state index contributed by atoms with van der Waals surface area (Å²) in [5, 5.41) is 1.42. The molecule has 4 aromatic carbocycles. The van der Waals surface area contributed by atoms with E-state index in [0.29, 0.717) is 0 Å². The Kier molecular flexibility index (Phi) is 4.66. The van der Waals surface area contributed by atoms with Crippen molar-refractivity contribution in [2.75, 3.05) is 0 Å². The Morgan fingerprint density at radius 3 is 2.50 bits per heavy atom. The number of hydrogen-bond donors (Lipinski definition) is 0. The third kappa shape index (κ3) is 3.00. The molecule has 174 valence electrons. The van der Waals surface area contributed by atoms with E-state index < -0.39 is 0 Å². The molecule has 2 aliphatic heterocycles. The minimum absolute atomic E-state index is 0.216. The van der Waals surface area contributed by atoms with E-state index in [1.54, 1.807) is 5.56 Å². The molecule has 0 amide bonds. The lowest BCUT2D eigenvalue weighted by atomic mass is 9.35. The van der Waals surface area contributed by atoms with Crippen molar-refractivity contribution < 1.29 is 4.74 Å². The monoisotopic (exact) mass is 483 g/mol. The fourth-order valence-corrected chi connectivity index (χ4v) is 7.81. The van der Waals surface area contributed by atoms with E-state index in [1.807, 2.05) is 11.8 Å². The van der Waals surface area contributed by atoms with Gasteiger partial charge in [-0.2, -0.15) is 0 Å². The maximum absolute atomic E-state index is 6.65. The van der Waals surface area contributed by atoms with Gasteiger partial charge in [-0.3, -0.25) is 0 Å². The molecule has 1 aromatic heterocycles. The van der Waals surface area contributed by atoms with Gasteiger partial charge in [0.25, 0.3) is 6.71 Å². The van der Waals surface area contributed by atoms with Crippen LogP contribution in [0.15, 0.2) is 94.7 Å². The molecule has 0 saturated carbocycles. The predicted molar refractivity (Wildman–Crippen MR) is 151 cm³/mol. The second kappa shape index (κ2) is 8.08. The normalized spacial score (nSPS) is 15.7. The van der Waals surface area contributed by atoms with Crippen LogP contribution in [0, 0.1) is 0 Å². The van der Waals surface area contributed by atoms with Crippen LogP contribution in [0.4, 0.5) is 0 Å². The lowest BCUT2D eigenvalue weighted by molar-refractivity contribution is 0.486. The number of aryl methyl sites for hydroxylation is 1. The number of benzene rings is 4. The number of ether oxygens (including phenoxy) is 1. The Labute approximate surface area is 216 Å². The van der Waals surface area contributed by atoms with Gasteiger partial charge < -0.3 is 9.30 Å². The van der Waals surface area contributed by atoms with Crippen LogP contribution in [0.3, 0.4) is 0 Å². The van der Waals surface area contributed by atoms with Crippen molar-refractivity contribution >= 4 is 45.8 Å². The molecule has 0 atom stereocenters. The van der Waals surface area contributed by atoms with Gasteiger partial charge in [-0.1, -0.05) is 78.6 Å². The molecule has 0 radical (unpaired) electrons. The first-order valence-corrected chi connectivity index (χ1v) is 14.0. The molecule has 0 bridgehead atoms. The van der Waals surface area contributed by atoms with E-state index in [4.69, 9.17) is 4.74 Å². The molecule has 1 aliphatic carbocycles. The number of hydrogen-bond acceptors (Lipinski definition) is 2. The van der Waals surface area contributed by atoms with Crippen LogP contribution in [0.2, 0.25) is 0 Å². The Bertz CT molecular complexity index is 1670. The van der Waals surface area contributed by atoms with Crippen LogP contribution in [0.1, 0.15) is 36.9 Å². The van der Waals surface area contributed by atoms with Crippen molar-refractivity contribution in [3.8, 4) is 17.2 Å². The molecule has 3 heterocycles. The maximum Gasteiger partial charge on any atom is 0.253 e. The minimum Gasteiger partial charge on any atom is -0.458 e. The highest BCUT2D eigenvalue weighted by Gasteiger charge is 2.38. The zero-order valence-corrected chi connectivity index (χ0v) is 21.0. The van der Waals surface area contributed by atoms with Crippen LogP contribution in [-0.4, -0.2) is 11.3 Å². The smallest absolute Gasteiger partial charge is 0.253 e.